The minimum atomic E-state index is -0.120. The molecule has 1 heterocycles. The van der Waals surface area contributed by atoms with E-state index in [2.05, 4.69) is 5.32 Å². The van der Waals surface area contributed by atoms with E-state index >= 15 is 0 Å². The number of hydrogen-bond donors (Lipinski definition) is 2. The molecule has 1 fully saturated rings. The van der Waals surface area contributed by atoms with Gasteiger partial charge in [0.25, 0.3) is 0 Å². The van der Waals surface area contributed by atoms with Crippen molar-refractivity contribution in [2.75, 3.05) is 6.61 Å². The van der Waals surface area contributed by atoms with Crippen molar-refractivity contribution in [2.24, 2.45) is 0 Å². The van der Waals surface area contributed by atoms with Crippen LogP contribution in [0, 0.1) is 0 Å². The number of aliphatic hydroxyl groups is 1. The Kier molecular flexibility index (Phi) is 2.50. The fraction of sp³-hybridized carbons (Fsp3) is 0.364. The summed E-state index contributed by atoms with van der Waals surface area (Å²) < 4.78 is 0. The molecule has 3 nitrogen and oxygen atoms in total. The largest absolute Gasteiger partial charge is 0.394 e. The normalized spacial score (nSPS) is 26.2. The molecule has 2 atom stereocenters. The average molecular weight is 191 g/mol. The van der Waals surface area contributed by atoms with Gasteiger partial charge < -0.3 is 10.4 Å². The van der Waals surface area contributed by atoms with Crippen molar-refractivity contribution in [3.05, 3.63) is 35.9 Å². The summed E-state index contributed by atoms with van der Waals surface area (Å²) in [7, 11) is 0. The van der Waals surface area contributed by atoms with Crippen LogP contribution in [-0.4, -0.2) is 23.7 Å². The van der Waals surface area contributed by atoms with Crippen molar-refractivity contribution in [3.63, 3.8) is 0 Å². The Morgan fingerprint density at radius 3 is 2.71 bits per heavy atom. The lowest BCUT2D eigenvalue weighted by molar-refractivity contribution is -0.119. The van der Waals surface area contributed by atoms with E-state index < -0.39 is 0 Å². The van der Waals surface area contributed by atoms with E-state index in [1.807, 2.05) is 30.3 Å². The molecule has 0 aliphatic carbocycles. The van der Waals surface area contributed by atoms with Crippen molar-refractivity contribution in [1.29, 1.82) is 0 Å². The molecule has 2 rings (SSSR count). The standard InChI is InChI=1S/C11H13NO2/c13-7-10-9(6-11(14)12-10)8-4-2-1-3-5-8/h1-5,9-10,13H,6-7H2,(H,12,14)/t9-,10+/m0/s1. The van der Waals surface area contributed by atoms with Crippen LogP contribution >= 0.6 is 0 Å². The number of carbonyl (C=O) groups is 1. The van der Waals surface area contributed by atoms with E-state index in [9.17, 15) is 4.79 Å². The van der Waals surface area contributed by atoms with Gasteiger partial charge in [-0.25, -0.2) is 0 Å². The number of rotatable bonds is 2. The summed E-state index contributed by atoms with van der Waals surface area (Å²) in [5.74, 6) is 0.145. The van der Waals surface area contributed by atoms with Gasteiger partial charge in [-0.05, 0) is 5.56 Å². The highest BCUT2D eigenvalue weighted by Gasteiger charge is 2.32. The van der Waals surface area contributed by atoms with Gasteiger partial charge in [-0.2, -0.15) is 0 Å². The summed E-state index contributed by atoms with van der Waals surface area (Å²) in [6.45, 7) is 0.00526. The zero-order chi connectivity index (χ0) is 9.97. The molecule has 1 aromatic rings. The number of hydrogen-bond acceptors (Lipinski definition) is 2. The van der Waals surface area contributed by atoms with Gasteiger partial charge in [-0.3, -0.25) is 4.79 Å². The highest BCUT2D eigenvalue weighted by molar-refractivity contribution is 5.80. The molecular formula is C11H13NO2. The predicted octanol–water partition coefficient (Wildman–Crippen LogP) is 0.651. The molecule has 1 aliphatic rings. The molecule has 0 saturated carbocycles. The van der Waals surface area contributed by atoms with Crippen molar-refractivity contribution in [1.82, 2.24) is 5.32 Å². The van der Waals surface area contributed by atoms with Crippen molar-refractivity contribution < 1.29 is 9.90 Å². The van der Waals surface area contributed by atoms with Crippen LogP contribution < -0.4 is 5.32 Å². The second-order valence-electron chi connectivity index (χ2n) is 3.58. The molecular weight excluding hydrogens is 178 g/mol. The molecule has 0 spiro atoms. The van der Waals surface area contributed by atoms with Crippen molar-refractivity contribution in [2.45, 2.75) is 18.4 Å². The van der Waals surface area contributed by atoms with E-state index in [1.165, 1.54) is 0 Å². The zero-order valence-electron chi connectivity index (χ0n) is 7.81. The number of amides is 1. The van der Waals surface area contributed by atoms with Gasteiger partial charge in [0.2, 0.25) is 5.91 Å². The molecule has 14 heavy (non-hydrogen) atoms. The van der Waals surface area contributed by atoms with Crippen LogP contribution in [-0.2, 0) is 4.79 Å². The maximum absolute atomic E-state index is 11.2. The average Bonchev–Trinajstić information content (AvgIpc) is 2.61. The molecule has 74 valence electrons. The monoisotopic (exact) mass is 191 g/mol. The maximum atomic E-state index is 11.2. The molecule has 2 N–H and O–H groups in total. The molecule has 0 bridgehead atoms. The van der Waals surface area contributed by atoms with Crippen LogP contribution in [0.5, 0.6) is 0 Å². The first kappa shape index (κ1) is 9.21. The third-order valence-corrected chi connectivity index (χ3v) is 2.66. The molecule has 0 aromatic heterocycles. The highest BCUT2D eigenvalue weighted by Crippen LogP contribution is 2.27. The Balaban J connectivity index is 2.22. The van der Waals surface area contributed by atoms with Crippen molar-refractivity contribution in [3.8, 4) is 0 Å². The van der Waals surface area contributed by atoms with E-state index in [-0.39, 0.29) is 24.5 Å². The third-order valence-electron chi connectivity index (χ3n) is 2.66. The third kappa shape index (κ3) is 1.63. The molecule has 0 unspecified atom stereocenters. The minimum absolute atomic E-state index is 0.00526. The Bertz CT molecular complexity index is 323. The Morgan fingerprint density at radius 2 is 2.07 bits per heavy atom. The van der Waals surface area contributed by atoms with Gasteiger partial charge in [-0.1, -0.05) is 30.3 Å². The topological polar surface area (TPSA) is 49.3 Å². The second-order valence-corrected chi connectivity index (χ2v) is 3.58. The Morgan fingerprint density at radius 1 is 1.36 bits per heavy atom. The lowest BCUT2D eigenvalue weighted by Gasteiger charge is -2.16. The second kappa shape index (κ2) is 3.80. The van der Waals surface area contributed by atoms with E-state index in [1.54, 1.807) is 0 Å². The summed E-state index contributed by atoms with van der Waals surface area (Å²) in [6, 6.07) is 9.71. The summed E-state index contributed by atoms with van der Waals surface area (Å²) >= 11 is 0. The van der Waals surface area contributed by atoms with E-state index in [0.29, 0.717) is 6.42 Å². The van der Waals surface area contributed by atoms with Gasteiger partial charge in [0.1, 0.15) is 0 Å². The van der Waals surface area contributed by atoms with Crippen LogP contribution in [0.4, 0.5) is 0 Å². The zero-order valence-corrected chi connectivity index (χ0v) is 7.81. The van der Waals surface area contributed by atoms with Crippen LogP contribution in [0.3, 0.4) is 0 Å². The molecule has 1 aromatic carbocycles. The molecule has 1 amide bonds. The lowest BCUT2D eigenvalue weighted by Crippen LogP contribution is -2.31. The number of benzene rings is 1. The number of carbonyl (C=O) groups excluding carboxylic acids is 1. The molecule has 1 aliphatic heterocycles. The van der Waals surface area contributed by atoms with E-state index in [0.717, 1.165) is 5.56 Å². The van der Waals surface area contributed by atoms with E-state index in [4.69, 9.17) is 5.11 Å². The van der Waals surface area contributed by atoms with Gasteiger partial charge in [0.05, 0.1) is 12.6 Å². The first-order chi connectivity index (χ1) is 6.81. The number of nitrogens with one attached hydrogen (secondary N) is 1. The van der Waals surface area contributed by atoms with Crippen LogP contribution in [0.15, 0.2) is 30.3 Å². The summed E-state index contributed by atoms with van der Waals surface area (Å²) in [6.07, 6.45) is 0.481. The fourth-order valence-electron chi connectivity index (χ4n) is 1.93. The lowest BCUT2D eigenvalue weighted by atomic mass is 9.92. The van der Waals surface area contributed by atoms with Crippen LogP contribution in [0.1, 0.15) is 17.9 Å². The van der Waals surface area contributed by atoms with Gasteiger partial charge in [0, 0.05) is 12.3 Å². The quantitative estimate of drug-likeness (QED) is 0.721. The Labute approximate surface area is 82.8 Å². The first-order valence-corrected chi connectivity index (χ1v) is 4.76. The van der Waals surface area contributed by atoms with Gasteiger partial charge in [0.15, 0.2) is 0 Å². The van der Waals surface area contributed by atoms with Crippen LogP contribution in [0.2, 0.25) is 0 Å². The van der Waals surface area contributed by atoms with Crippen molar-refractivity contribution >= 4 is 5.91 Å². The molecule has 0 radical (unpaired) electrons. The number of aliphatic hydroxyl groups excluding tert-OH is 1. The smallest absolute Gasteiger partial charge is 0.221 e. The minimum Gasteiger partial charge on any atom is -0.394 e. The first-order valence-electron chi connectivity index (χ1n) is 4.76. The van der Waals surface area contributed by atoms with Gasteiger partial charge in [-0.15, -0.1) is 0 Å². The summed E-state index contributed by atoms with van der Waals surface area (Å²) in [4.78, 5) is 11.2. The summed E-state index contributed by atoms with van der Waals surface area (Å²) in [5.41, 5.74) is 1.12. The Hall–Kier alpha value is -1.35. The SMILES string of the molecule is O=C1C[C@@H](c2ccccc2)[C@@H](CO)N1. The summed E-state index contributed by atoms with van der Waals surface area (Å²) in [5, 5.41) is 11.9. The predicted molar refractivity (Wildman–Crippen MR) is 52.8 cm³/mol. The van der Waals surface area contributed by atoms with Crippen LogP contribution in [0.25, 0.3) is 0 Å². The molecule has 3 heteroatoms. The molecule has 1 saturated heterocycles. The fourth-order valence-corrected chi connectivity index (χ4v) is 1.93. The van der Waals surface area contributed by atoms with Gasteiger partial charge >= 0.3 is 0 Å². The maximum Gasteiger partial charge on any atom is 0.221 e. The highest BCUT2D eigenvalue weighted by atomic mass is 16.3.